The van der Waals surface area contributed by atoms with Crippen molar-refractivity contribution in [1.29, 1.82) is 0 Å². The summed E-state index contributed by atoms with van der Waals surface area (Å²) in [6.07, 6.45) is 4.92. The zero-order valence-corrected chi connectivity index (χ0v) is 13.4. The summed E-state index contributed by atoms with van der Waals surface area (Å²) < 4.78 is 16.9. The van der Waals surface area contributed by atoms with E-state index >= 15 is 0 Å². The van der Waals surface area contributed by atoms with E-state index in [9.17, 15) is 4.79 Å². The topological polar surface area (TPSA) is 44.8 Å². The first-order valence-electron chi connectivity index (χ1n) is 7.59. The van der Waals surface area contributed by atoms with E-state index in [-0.39, 0.29) is 24.3 Å². The van der Waals surface area contributed by atoms with Gasteiger partial charge in [0.2, 0.25) is 0 Å². The molecule has 0 saturated carbocycles. The molecule has 0 aliphatic heterocycles. The predicted molar refractivity (Wildman–Crippen MR) is 80.7 cm³/mol. The van der Waals surface area contributed by atoms with E-state index in [1.807, 2.05) is 6.92 Å². The van der Waals surface area contributed by atoms with Gasteiger partial charge >= 0.3 is 5.97 Å². The van der Waals surface area contributed by atoms with Gasteiger partial charge in [0.15, 0.2) is 0 Å². The van der Waals surface area contributed by atoms with Crippen LogP contribution in [0, 0.1) is 0 Å². The number of ether oxygens (including phenoxy) is 3. The fourth-order valence-corrected chi connectivity index (χ4v) is 1.85. The molecule has 20 heavy (non-hydrogen) atoms. The number of carbonyl (C=O) groups excluding carboxylic acids is 1. The van der Waals surface area contributed by atoms with E-state index in [4.69, 9.17) is 14.2 Å². The second kappa shape index (κ2) is 11.9. The van der Waals surface area contributed by atoms with Crippen LogP contribution in [0.4, 0.5) is 0 Å². The first-order chi connectivity index (χ1) is 9.56. The molecule has 0 aromatic heterocycles. The van der Waals surface area contributed by atoms with Gasteiger partial charge in [0.05, 0.1) is 0 Å². The van der Waals surface area contributed by atoms with Crippen molar-refractivity contribution < 1.29 is 19.0 Å². The molecule has 118 valence electrons. The minimum atomic E-state index is -0.353. The third-order valence-corrected chi connectivity index (χ3v) is 2.99. The Labute approximate surface area is 123 Å². The van der Waals surface area contributed by atoms with Crippen molar-refractivity contribution in [3.63, 3.8) is 0 Å². The molecule has 4 nitrogen and oxygen atoms in total. The average molecular weight is 286 g/mol. The number of hydrogen-bond acceptors (Lipinski definition) is 4. The highest BCUT2D eigenvalue weighted by atomic mass is 16.6. The predicted octanol–water partition coefficient (Wildman–Crippen LogP) is 3.49. The number of hydrogen-bond donors (Lipinski definition) is 0. The maximum absolute atomic E-state index is 11.1. The van der Waals surface area contributed by atoms with Crippen LogP contribution in [0.3, 0.4) is 0 Å². The standard InChI is InChI=1S/C16H30O4/c1-6-9-11-18-15(8-3)16(19-12-10-7-2)13(4)20-14(5)17/h8,13,15-16H,3,6-7,9-12H2,1-2,4-5H3/t13-,15-,16-/m0/s1. The Balaban J connectivity index is 4.58. The van der Waals surface area contributed by atoms with Crippen LogP contribution in [0.1, 0.15) is 53.4 Å². The maximum Gasteiger partial charge on any atom is 0.302 e. The molecule has 0 aromatic carbocycles. The van der Waals surface area contributed by atoms with Gasteiger partial charge in [-0.1, -0.05) is 32.8 Å². The van der Waals surface area contributed by atoms with Crippen molar-refractivity contribution in [2.24, 2.45) is 0 Å². The van der Waals surface area contributed by atoms with Crippen LogP contribution in [0.15, 0.2) is 12.7 Å². The summed E-state index contributed by atoms with van der Waals surface area (Å²) in [4.78, 5) is 11.1. The van der Waals surface area contributed by atoms with Crippen molar-refractivity contribution in [3.8, 4) is 0 Å². The van der Waals surface area contributed by atoms with Crippen LogP contribution in [0.5, 0.6) is 0 Å². The van der Waals surface area contributed by atoms with Crippen LogP contribution < -0.4 is 0 Å². The van der Waals surface area contributed by atoms with Crippen molar-refractivity contribution in [1.82, 2.24) is 0 Å². The molecular weight excluding hydrogens is 256 g/mol. The van der Waals surface area contributed by atoms with Gasteiger partial charge in [0.1, 0.15) is 18.3 Å². The van der Waals surface area contributed by atoms with Gasteiger partial charge in [-0.25, -0.2) is 0 Å². The fraction of sp³-hybridized carbons (Fsp3) is 0.812. The molecule has 4 heteroatoms. The fourth-order valence-electron chi connectivity index (χ4n) is 1.85. The van der Waals surface area contributed by atoms with Crippen LogP contribution in [-0.2, 0) is 19.0 Å². The monoisotopic (exact) mass is 286 g/mol. The van der Waals surface area contributed by atoms with Crippen LogP contribution in [-0.4, -0.2) is 37.5 Å². The third-order valence-electron chi connectivity index (χ3n) is 2.99. The summed E-state index contributed by atoms with van der Waals surface area (Å²) in [5.41, 5.74) is 0. The molecule has 0 rings (SSSR count). The van der Waals surface area contributed by atoms with Crippen LogP contribution in [0.2, 0.25) is 0 Å². The van der Waals surface area contributed by atoms with E-state index in [2.05, 4.69) is 20.4 Å². The average Bonchev–Trinajstić information content (AvgIpc) is 2.40. The summed E-state index contributed by atoms with van der Waals surface area (Å²) >= 11 is 0. The Morgan fingerprint density at radius 3 is 2.15 bits per heavy atom. The third kappa shape index (κ3) is 8.33. The zero-order chi connectivity index (χ0) is 15.4. The maximum atomic E-state index is 11.1. The quantitative estimate of drug-likeness (QED) is 0.313. The summed E-state index contributed by atoms with van der Waals surface area (Å²) in [5, 5.41) is 0. The lowest BCUT2D eigenvalue weighted by Crippen LogP contribution is -2.41. The molecule has 0 unspecified atom stereocenters. The van der Waals surface area contributed by atoms with Gasteiger partial charge in [-0.05, 0) is 19.8 Å². The van der Waals surface area contributed by atoms with Gasteiger partial charge < -0.3 is 14.2 Å². The van der Waals surface area contributed by atoms with Crippen LogP contribution in [0.25, 0.3) is 0 Å². The number of unbranched alkanes of at least 4 members (excludes halogenated alkanes) is 2. The summed E-state index contributed by atoms with van der Waals surface area (Å²) in [5.74, 6) is -0.307. The van der Waals surface area contributed by atoms with Gasteiger partial charge in [-0.2, -0.15) is 0 Å². The molecular formula is C16H30O4. The van der Waals surface area contributed by atoms with E-state index in [1.165, 1.54) is 6.92 Å². The van der Waals surface area contributed by atoms with E-state index in [1.54, 1.807) is 6.08 Å². The molecule has 3 atom stereocenters. The minimum absolute atomic E-state index is 0.257. The zero-order valence-electron chi connectivity index (χ0n) is 13.4. The van der Waals surface area contributed by atoms with E-state index in [0.717, 1.165) is 25.7 Å². The molecule has 0 radical (unpaired) electrons. The lowest BCUT2D eigenvalue weighted by atomic mass is 10.1. The Bertz CT molecular complexity index is 265. The smallest absolute Gasteiger partial charge is 0.302 e. The van der Waals surface area contributed by atoms with Gasteiger partial charge in [-0.15, -0.1) is 6.58 Å². The van der Waals surface area contributed by atoms with Crippen molar-refractivity contribution in [3.05, 3.63) is 12.7 Å². The SMILES string of the molecule is C=C[C@H](OCCCC)[C@@H](OCCCC)[C@H](C)OC(C)=O. The summed E-state index contributed by atoms with van der Waals surface area (Å²) in [6, 6.07) is 0. The van der Waals surface area contributed by atoms with E-state index < -0.39 is 0 Å². The van der Waals surface area contributed by atoms with Crippen molar-refractivity contribution in [2.75, 3.05) is 13.2 Å². The highest BCUT2D eigenvalue weighted by Crippen LogP contribution is 2.15. The van der Waals surface area contributed by atoms with Crippen molar-refractivity contribution in [2.45, 2.75) is 71.7 Å². The highest BCUT2D eigenvalue weighted by molar-refractivity contribution is 5.66. The Morgan fingerprint density at radius 2 is 1.70 bits per heavy atom. The van der Waals surface area contributed by atoms with Crippen molar-refractivity contribution >= 4 is 5.97 Å². The number of esters is 1. The lowest BCUT2D eigenvalue weighted by molar-refractivity contribution is -0.161. The first kappa shape index (κ1) is 19.1. The van der Waals surface area contributed by atoms with Crippen LogP contribution >= 0.6 is 0 Å². The number of carbonyl (C=O) groups is 1. The lowest BCUT2D eigenvalue weighted by Gasteiger charge is -2.29. The molecule has 0 heterocycles. The molecule has 0 saturated heterocycles. The Hall–Kier alpha value is -0.870. The Kier molecular flexibility index (Phi) is 11.4. The second-order valence-electron chi connectivity index (χ2n) is 4.93. The highest BCUT2D eigenvalue weighted by Gasteiger charge is 2.28. The Morgan fingerprint density at radius 1 is 1.15 bits per heavy atom. The molecule has 0 aliphatic carbocycles. The second-order valence-corrected chi connectivity index (χ2v) is 4.93. The van der Waals surface area contributed by atoms with Gasteiger partial charge in [0, 0.05) is 20.1 Å². The molecule has 0 aromatic rings. The largest absolute Gasteiger partial charge is 0.460 e. The minimum Gasteiger partial charge on any atom is -0.460 e. The molecule has 0 aliphatic rings. The molecule has 0 bridgehead atoms. The molecule has 0 spiro atoms. The molecule has 0 fully saturated rings. The first-order valence-corrected chi connectivity index (χ1v) is 7.59. The molecule has 0 amide bonds. The number of rotatable bonds is 12. The van der Waals surface area contributed by atoms with Gasteiger partial charge in [-0.3, -0.25) is 4.79 Å². The van der Waals surface area contributed by atoms with E-state index in [0.29, 0.717) is 13.2 Å². The summed E-state index contributed by atoms with van der Waals surface area (Å²) in [6.45, 7) is 12.6. The van der Waals surface area contributed by atoms with Gasteiger partial charge in [0.25, 0.3) is 0 Å². The molecule has 0 N–H and O–H groups in total. The normalized spacial score (nSPS) is 15.4. The summed E-state index contributed by atoms with van der Waals surface area (Å²) in [7, 11) is 0.